The number of benzene rings is 1. The summed E-state index contributed by atoms with van der Waals surface area (Å²) in [7, 11) is 1.47. The molecule has 0 heterocycles. The SMILES string of the molecule is CCCCCC(CC(=O)CCc1ccc(O)c(OC)c1)SCC(NC(=O)CC(N)C(=O)O)C(=O)NC(C)C.O=CO. The van der Waals surface area contributed by atoms with Gasteiger partial charge in [0, 0.05) is 29.9 Å². The number of rotatable bonds is 19. The second-order valence-electron chi connectivity index (χ2n) is 9.74. The number of nitrogens with one attached hydrogen (secondary N) is 2. The Bertz CT molecular complexity index is 975. The predicted molar refractivity (Wildman–Crippen MR) is 157 cm³/mol. The zero-order valence-electron chi connectivity index (χ0n) is 24.3. The van der Waals surface area contributed by atoms with Crippen LogP contribution in [0.4, 0.5) is 0 Å². The molecule has 232 valence electrons. The van der Waals surface area contributed by atoms with E-state index in [1.54, 1.807) is 32.0 Å². The molecule has 7 N–H and O–H groups in total. The third kappa shape index (κ3) is 17.2. The molecule has 0 fully saturated rings. The Hall–Kier alpha value is -3.32. The first-order chi connectivity index (χ1) is 19.4. The number of aromatic hydroxyl groups is 1. The van der Waals surface area contributed by atoms with Crippen LogP contribution in [0.3, 0.4) is 0 Å². The zero-order chi connectivity index (χ0) is 31.4. The summed E-state index contributed by atoms with van der Waals surface area (Å²) >= 11 is 1.46. The Labute approximate surface area is 245 Å². The van der Waals surface area contributed by atoms with Gasteiger partial charge in [0.15, 0.2) is 11.5 Å². The minimum atomic E-state index is -1.36. The van der Waals surface area contributed by atoms with Crippen molar-refractivity contribution < 1.29 is 44.0 Å². The zero-order valence-corrected chi connectivity index (χ0v) is 25.1. The first kappa shape index (κ1) is 37.7. The van der Waals surface area contributed by atoms with E-state index < -0.39 is 30.4 Å². The fourth-order valence-electron chi connectivity index (χ4n) is 3.72. The van der Waals surface area contributed by atoms with Crippen molar-refractivity contribution in [2.24, 2.45) is 5.73 Å². The summed E-state index contributed by atoms with van der Waals surface area (Å²) in [5, 5.41) is 31.0. The van der Waals surface area contributed by atoms with E-state index in [0.29, 0.717) is 25.0 Å². The number of carboxylic acid groups (broad SMARTS) is 2. The number of carboxylic acids is 1. The number of nitrogens with two attached hydrogens (primary N) is 1. The van der Waals surface area contributed by atoms with E-state index in [1.165, 1.54) is 18.9 Å². The highest BCUT2D eigenvalue weighted by molar-refractivity contribution is 8.00. The molecular weight excluding hydrogens is 554 g/mol. The normalized spacial score (nSPS) is 12.7. The van der Waals surface area contributed by atoms with E-state index >= 15 is 0 Å². The molecule has 0 spiro atoms. The van der Waals surface area contributed by atoms with Crippen LogP contribution in [-0.4, -0.2) is 81.6 Å². The molecule has 2 amide bonds. The molecule has 0 radical (unpaired) electrons. The molecule has 1 rings (SSSR count). The van der Waals surface area contributed by atoms with Crippen LogP contribution < -0.4 is 21.1 Å². The van der Waals surface area contributed by atoms with Gasteiger partial charge in [0.2, 0.25) is 11.8 Å². The summed E-state index contributed by atoms with van der Waals surface area (Å²) < 4.78 is 5.13. The van der Waals surface area contributed by atoms with Crippen molar-refractivity contribution in [2.75, 3.05) is 12.9 Å². The molecule has 0 saturated carbocycles. The molecular formula is C28H45N3O9S. The average Bonchev–Trinajstić information content (AvgIpc) is 2.90. The van der Waals surface area contributed by atoms with E-state index in [9.17, 15) is 24.3 Å². The van der Waals surface area contributed by atoms with Crippen molar-refractivity contribution in [1.29, 1.82) is 0 Å². The number of carbonyl (C=O) groups is 5. The van der Waals surface area contributed by atoms with Crippen molar-refractivity contribution in [1.82, 2.24) is 10.6 Å². The van der Waals surface area contributed by atoms with Gasteiger partial charge in [0.05, 0.1) is 13.5 Å². The summed E-state index contributed by atoms with van der Waals surface area (Å²) in [4.78, 5) is 57.3. The minimum Gasteiger partial charge on any atom is -0.504 e. The largest absolute Gasteiger partial charge is 0.504 e. The standard InChI is InChI=1S/C27H43N3O7S.CH2O2/c1-5-6-7-8-20(14-19(31)11-9-18-10-12-23(32)24(13-18)37-4)38-16-22(26(34)29-17(2)3)30-25(33)15-21(28)27(35)36;2-1-3/h10,12-13,17,20-22,32H,5-9,11,14-16,28H2,1-4H3,(H,29,34)(H,30,33)(H,35,36);1H,(H,2,3). The number of ether oxygens (including phenoxy) is 1. The van der Waals surface area contributed by atoms with Crippen molar-refractivity contribution in [3.05, 3.63) is 23.8 Å². The summed E-state index contributed by atoms with van der Waals surface area (Å²) in [6, 6.07) is 2.63. The van der Waals surface area contributed by atoms with Gasteiger partial charge < -0.3 is 36.4 Å². The van der Waals surface area contributed by atoms with E-state index in [-0.39, 0.29) is 41.0 Å². The highest BCUT2D eigenvalue weighted by Crippen LogP contribution is 2.27. The van der Waals surface area contributed by atoms with E-state index in [1.807, 2.05) is 0 Å². The highest BCUT2D eigenvalue weighted by Gasteiger charge is 2.26. The number of hydrogen-bond acceptors (Lipinski definition) is 9. The second-order valence-corrected chi connectivity index (χ2v) is 11.1. The lowest BCUT2D eigenvalue weighted by Gasteiger charge is -2.23. The van der Waals surface area contributed by atoms with Crippen LogP contribution in [0.15, 0.2) is 18.2 Å². The topological polar surface area (TPSA) is 205 Å². The van der Waals surface area contributed by atoms with E-state index in [4.69, 9.17) is 25.5 Å². The number of ketones is 1. The maximum Gasteiger partial charge on any atom is 0.321 e. The lowest BCUT2D eigenvalue weighted by atomic mass is 10.0. The van der Waals surface area contributed by atoms with Crippen molar-refractivity contribution in [3.63, 3.8) is 0 Å². The molecule has 13 heteroatoms. The van der Waals surface area contributed by atoms with Crippen LogP contribution in [0.2, 0.25) is 0 Å². The third-order valence-corrected chi connectivity index (χ3v) is 7.22. The Morgan fingerprint density at radius 1 is 1.12 bits per heavy atom. The van der Waals surface area contributed by atoms with Gasteiger partial charge in [-0.15, -0.1) is 0 Å². The molecule has 0 bridgehead atoms. The fraction of sp³-hybridized carbons (Fsp3) is 0.607. The number of aliphatic carboxylic acids is 1. The first-order valence-corrected chi connectivity index (χ1v) is 14.6. The second kappa shape index (κ2) is 21.4. The molecule has 0 saturated heterocycles. The number of hydrogen-bond donors (Lipinski definition) is 6. The van der Waals surface area contributed by atoms with Gasteiger partial charge in [-0.1, -0.05) is 32.3 Å². The molecule has 1 aromatic rings. The fourth-order valence-corrected chi connectivity index (χ4v) is 5.06. The molecule has 0 aliphatic rings. The van der Waals surface area contributed by atoms with Crippen LogP contribution in [0.1, 0.15) is 71.3 Å². The molecule has 3 atom stereocenters. The number of Topliss-reactive ketones (excluding diaryl/α,β-unsaturated/α-hetero) is 1. The van der Waals surface area contributed by atoms with Gasteiger partial charge in [0.1, 0.15) is 17.9 Å². The maximum absolute atomic E-state index is 12.9. The van der Waals surface area contributed by atoms with Gasteiger partial charge in [-0.05, 0) is 44.4 Å². The molecule has 0 aliphatic carbocycles. The van der Waals surface area contributed by atoms with Gasteiger partial charge in [-0.3, -0.25) is 24.0 Å². The van der Waals surface area contributed by atoms with Crippen LogP contribution in [0.5, 0.6) is 11.5 Å². The number of aryl methyl sites for hydroxylation is 1. The molecule has 3 unspecified atom stereocenters. The van der Waals surface area contributed by atoms with Crippen LogP contribution in [-0.2, 0) is 30.4 Å². The number of unbranched alkanes of at least 4 members (excludes halogenated alkanes) is 2. The average molecular weight is 600 g/mol. The number of phenolic OH excluding ortho intramolecular Hbond substituents is 1. The Morgan fingerprint density at radius 3 is 2.34 bits per heavy atom. The van der Waals surface area contributed by atoms with Crippen molar-refractivity contribution >= 4 is 41.8 Å². The van der Waals surface area contributed by atoms with Crippen LogP contribution >= 0.6 is 11.8 Å². The Kier molecular flexibility index (Phi) is 19.7. The lowest BCUT2D eigenvalue weighted by molar-refractivity contribution is -0.140. The van der Waals surface area contributed by atoms with Crippen molar-refractivity contribution in [2.45, 2.75) is 95.5 Å². The summed E-state index contributed by atoms with van der Waals surface area (Å²) in [5.41, 5.74) is 6.35. The van der Waals surface area contributed by atoms with Gasteiger partial charge in [0.25, 0.3) is 6.47 Å². The highest BCUT2D eigenvalue weighted by atomic mass is 32.2. The number of amides is 2. The molecule has 1 aromatic carbocycles. The van der Waals surface area contributed by atoms with Crippen molar-refractivity contribution in [3.8, 4) is 11.5 Å². The number of thioether (sulfide) groups is 1. The molecule has 12 nitrogen and oxygen atoms in total. The monoisotopic (exact) mass is 599 g/mol. The summed E-state index contributed by atoms with van der Waals surface area (Å²) in [5.74, 6) is -1.55. The Morgan fingerprint density at radius 2 is 1.78 bits per heavy atom. The minimum absolute atomic E-state index is 0.0315. The molecule has 0 aromatic heterocycles. The quantitative estimate of drug-likeness (QED) is 0.101. The van der Waals surface area contributed by atoms with Gasteiger partial charge in [-0.2, -0.15) is 11.8 Å². The molecule has 41 heavy (non-hydrogen) atoms. The summed E-state index contributed by atoms with van der Waals surface area (Å²) in [6.07, 6.45) is 4.55. The smallest absolute Gasteiger partial charge is 0.321 e. The van der Waals surface area contributed by atoms with E-state index in [0.717, 1.165) is 31.2 Å². The number of carbonyl (C=O) groups excluding carboxylic acids is 3. The Balaban J connectivity index is 0.00000509. The van der Waals surface area contributed by atoms with Crippen LogP contribution in [0.25, 0.3) is 0 Å². The third-order valence-electron chi connectivity index (χ3n) is 5.83. The molecule has 0 aliphatic heterocycles. The maximum atomic E-state index is 12.9. The lowest BCUT2D eigenvalue weighted by Crippen LogP contribution is -2.51. The first-order valence-electron chi connectivity index (χ1n) is 13.5. The number of methoxy groups -OCH3 is 1. The van der Waals surface area contributed by atoms with Gasteiger partial charge in [-0.25, -0.2) is 0 Å². The van der Waals surface area contributed by atoms with Crippen LogP contribution in [0, 0.1) is 0 Å². The predicted octanol–water partition coefficient (Wildman–Crippen LogP) is 2.49. The summed E-state index contributed by atoms with van der Waals surface area (Å²) in [6.45, 7) is 5.46. The van der Waals surface area contributed by atoms with Gasteiger partial charge >= 0.3 is 5.97 Å². The number of phenols is 1. The van der Waals surface area contributed by atoms with E-state index in [2.05, 4.69) is 17.6 Å².